The van der Waals surface area contributed by atoms with Gasteiger partial charge in [-0.2, -0.15) is 13.2 Å². The van der Waals surface area contributed by atoms with E-state index in [1.54, 1.807) is 24.3 Å². The van der Waals surface area contributed by atoms with Crippen molar-refractivity contribution >= 4 is 11.9 Å². The lowest BCUT2D eigenvalue weighted by Gasteiger charge is -2.09. The number of halogens is 3. The number of benzene rings is 3. The Balaban J connectivity index is 1.60. The highest BCUT2D eigenvalue weighted by molar-refractivity contribution is 5.92. The zero-order valence-electron chi connectivity index (χ0n) is 16.3. The largest absolute Gasteiger partial charge is 0.494 e. The zero-order chi connectivity index (χ0) is 22.4. The fourth-order valence-corrected chi connectivity index (χ4v) is 2.56. The third kappa shape index (κ3) is 5.85. The summed E-state index contributed by atoms with van der Waals surface area (Å²) in [6.07, 6.45) is -4.49. The van der Waals surface area contributed by atoms with E-state index in [9.17, 15) is 22.8 Å². The van der Waals surface area contributed by atoms with Gasteiger partial charge in [-0.1, -0.05) is 0 Å². The average Bonchev–Trinajstić information content (AvgIpc) is 2.75. The van der Waals surface area contributed by atoms with Crippen molar-refractivity contribution in [1.29, 1.82) is 0 Å². The molecule has 0 fully saturated rings. The molecule has 0 aromatic heterocycles. The average molecular weight is 430 g/mol. The Bertz CT molecular complexity index is 1040. The van der Waals surface area contributed by atoms with Gasteiger partial charge in [-0.05, 0) is 79.7 Å². The minimum Gasteiger partial charge on any atom is -0.494 e. The Hall–Kier alpha value is -3.81. The van der Waals surface area contributed by atoms with Crippen molar-refractivity contribution in [2.45, 2.75) is 13.1 Å². The van der Waals surface area contributed by atoms with Gasteiger partial charge >= 0.3 is 18.1 Å². The first-order valence-electron chi connectivity index (χ1n) is 9.21. The Morgan fingerprint density at radius 2 is 1.06 bits per heavy atom. The van der Waals surface area contributed by atoms with E-state index in [4.69, 9.17) is 14.2 Å². The van der Waals surface area contributed by atoms with E-state index in [-0.39, 0.29) is 16.9 Å². The number of carbonyl (C=O) groups excluding carboxylic acids is 2. The van der Waals surface area contributed by atoms with Gasteiger partial charge in [0.2, 0.25) is 0 Å². The topological polar surface area (TPSA) is 61.8 Å². The molecule has 0 aliphatic heterocycles. The molecule has 0 heterocycles. The van der Waals surface area contributed by atoms with Crippen LogP contribution in [-0.4, -0.2) is 18.5 Å². The lowest BCUT2D eigenvalue weighted by atomic mass is 10.1. The molecule has 3 rings (SSSR count). The standard InChI is InChI=1S/C23H17F3O5/c1-2-29-18-11-13-20(14-12-18)31-22(28)16-5-9-19(10-6-16)30-21(27)15-3-7-17(8-4-15)23(24,25)26/h3-14H,2H2,1H3. The molecule has 0 radical (unpaired) electrons. The lowest BCUT2D eigenvalue weighted by molar-refractivity contribution is -0.137. The minimum atomic E-state index is -4.49. The number of rotatable bonds is 6. The maximum Gasteiger partial charge on any atom is 0.416 e. The van der Waals surface area contributed by atoms with Crippen LogP contribution < -0.4 is 14.2 Å². The summed E-state index contributed by atoms with van der Waals surface area (Å²) < 4.78 is 53.5. The van der Waals surface area contributed by atoms with Crippen LogP contribution in [0.3, 0.4) is 0 Å². The van der Waals surface area contributed by atoms with E-state index in [1.165, 1.54) is 24.3 Å². The van der Waals surface area contributed by atoms with Gasteiger partial charge in [-0.3, -0.25) is 0 Å². The molecule has 0 saturated carbocycles. The second-order valence-corrected chi connectivity index (χ2v) is 6.28. The molecule has 0 aliphatic carbocycles. The van der Waals surface area contributed by atoms with Gasteiger partial charge in [0.25, 0.3) is 0 Å². The molecule has 3 aromatic carbocycles. The summed E-state index contributed by atoms with van der Waals surface area (Å²) in [6.45, 7) is 2.38. The van der Waals surface area contributed by atoms with Gasteiger partial charge in [0, 0.05) is 0 Å². The molecule has 0 saturated heterocycles. The van der Waals surface area contributed by atoms with Crippen LogP contribution in [0.4, 0.5) is 13.2 Å². The first kappa shape index (κ1) is 21.9. The van der Waals surface area contributed by atoms with E-state index in [0.717, 1.165) is 24.3 Å². The molecule has 0 amide bonds. The molecule has 160 valence electrons. The highest BCUT2D eigenvalue weighted by Gasteiger charge is 2.30. The maximum absolute atomic E-state index is 12.6. The molecule has 5 nitrogen and oxygen atoms in total. The normalized spacial score (nSPS) is 11.0. The summed E-state index contributed by atoms with van der Waals surface area (Å²) in [5, 5.41) is 0. The summed E-state index contributed by atoms with van der Waals surface area (Å²) in [5.74, 6) is -0.307. The van der Waals surface area contributed by atoms with Crippen molar-refractivity contribution in [2.75, 3.05) is 6.61 Å². The van der Waals surface area contributed by atoms with E-state index >= 15 is 0 Å². The summed E-state index contributed by atoms with van der Waals surface area (Å²) in [4.78, 5) is 24.3. The van der Waals surface area contributed by atoms with Crippen molar-refractivity contribution in [2.24, 2.45) is 0 Å². The molecular weight excluding hydrogens is 413 g/mol. The van der Waals surface area contributed by atoms with E-state index in [0.29, 0.717) is 18.1 Å². The smallest absolute Gasteiger partial charge is 0.416 e. The second kappa shape index (κ2) is 9.34. The number of carbonyl (C=O) groups is 2. The van der Waals surface area contributed by atoms with Gasteiger partial charge in [0.1, 0.15) is 17.2 Å². The highest BCUT2D eigenvalue weighted by atomic mass is 19.4. The van der Waals surface area contributed by atoms with Crippen LogP contribution >= 0.6 is 0 Å². The number of hydrogen-bond donors (Lipinski definition) is 0. The second-order valence-electron chi connectivity index (χ2n) is 6.28. The Kier molecular flexibility index (Phi) is 6.59. The molecular formula is C23H17F3O5. The van der Waals surface area contributed by atoms with Crippen LogP contribution in [0.15, 0.2) is 72.8 Å². The number of alkyl halides is 3. The number of hydrogen-bond acceptors (Lipinski definition) is 5. The molecule has 0 aliphatic rings. The van der Waals surface area contributed by atoms with E-state index < -0.39 is 23.7 Å². The monoisotopic (exact) mass is 430 g/mol. The predicted octanol–water partition coefficient (Wildman–Crippen LogP) is 5.54. The molecule has 31 heavy (non-hydrogen) atoms. The van der Waals surface area contributed by atoms with Crippen molar-refractivity contribution in [1.82, 2.24) is 0 Å². The van der Waals surface area contributed by atoms with Crippen LogP contribution in [0.1, 0.15) is 33.2 Å². The third-order valence-corrected chi connectivity index (χ3v) is 4.09. The molecule has 0 spiro atoms. The summed E-state index contributed by atoms with van der Waals surface area (Å²) in [7, 11) is 0. The maximum atomic E-state index is 12.6. The van der Waals surface area contributed by atoms with Gasteiger partial charge < -0.3 is 14.2 Å². The van der Waals surface area contributed by atoms with E-state index in [2.05, 4.69) is 0 Å². The van der Waals surface area contributed by atoms with Crippen molar-refractivity contribution in [3.05, 3.63) is 89.5 Å². The molecule has 0 bridgehead atoms. The molecule has 0 atom stereocenters. The van der Waals surface area contributed by atoms with Gasteiger partial charge in [0.05, 0.1) is 23.3 Å². The Labute approximate surface area is 176 Å². The number of esters is 2. The van der Waals surface area contributed by atoms with Gasteiger partial charge in [-0.15, -0.1) is 0 Å². The minimum absolute atomic E-state index is 0.0352. The van der Waals surface area contributed by atoms with Crippen LogP contribution in [0.5, 0.6) is 17.2 Å². The SMILES string of the molecule is CCOc1ccc(OC(=O)c2ccc(OC(=O)c3ccc(C(F)(F)F)cc3)cc2)cc1. The molecule has 3 aromatic rings. The number of ether oxygens (including phenoxy) is 3. The quantitative estimate of drug-likeness (QED) is 0.379. The summed E-state index contributed by atoms with van der Waals surface area (Å²) >= 11 is 0. The predicted molar refractivity (Wildman–Crippen MR) is 105 cm³/mol. The first-order chi connectivity index (χ1) is 14.8. The molecule has 8 heteroatoms. The van der Waals surface area contributed by atoms with E-state index in [1.807, 2.05) is 6.92 Å². The summed E-state index contributed by atoms with van der Waals surface area (Å²) in [5.41, 5.74) is -0.672. The fourth-order valence-electron chi connectivity index (χ4n) is 2.56. The van der Waals surface area contributed by atoms with Crippen LogP contribution in [-0.2, 0) is 6.18 Å². The van der Waals surface area contributed by atoms with Crippen LogP contribution in [0.2, 0.25) is 0 Å². The van der Waals surface area contributed by atoms with Gasteiger partial charge in [0.15, 0.2) is 0 Å². The Morgan fingerprint density at radius 1 is 0.677 bits per heavy atom. The first-order valence-corrected chi connectivity index (χ1v) is 9.21. The van der Waals surface area contributed by atoms with Crippen LogP contribution in [0, 0.1) is 0 Å². The Morgan fingerprint density at radius 3 is 1.48 bits per heavy atom. The molecule has 0 unspecified atom stereocenters. The van der Waals surface area contributed by atoms with Crippen molar-refractivity contribution in [3.8, 4) is 17.2 Å². The lowest BCUT2D eigenvalue weighted by Crippen LogP contribution is -2.11. The van der Waals surface area contributed by atoms with Gasteiger partial charge in [-0.25, -0.2) is 9.59 Å². The third-order valence-electron chi connectivity index (χ3n) is 4.09. The zero-order valence-corrected chi connectivity index (χ0v) is 16.3. The van der Waals surface area contributed by atoms with Crippen molar-refractivity contribution in [3.63, 3.8) is 0 Å². The van der Waals surface area contributed by atoms with Crippen molar-refractivity contribution < 1.29 is 37.0 Å². The summed E-state index contributed by atoms with van der Waals surface area (Å²) in [6, 6.07) is 15.8. The highest BCUT2D eigenvalue weighted by Crippen LogP contribution is 2.29. The molecule has 0 N–H and O–H groups in total. The fraction of sp³-hybridized carbons (Fsp3) is 0.130. The van der Waals surface area contributed by atoms with Crippen LogP contribution in [0.25, 0.3) is 0 Å².